The van der Waals surface area contributed by atoms with Crippen LogP contribution in [0.1, 0.15) is 10.4 Å². The zero-order valence-electron chi connectivity index (χ0n) is 15.1. The first-order valence-electron chi connectivity index (χ1n) is 7.87. The molecule has 0 fully saturated rings. The van der Waals surface area contributed by atoms with Gasteiger partial charge in [-0.15, -0.1) is 11.8 Å². The second-order valence-electron chi connectivity index (χ2n) is 5.50. The standard InChI is InChI=1S/C18H20N2O5S2/c1-20(12-17(21)19-14-9-5-6-10-15(14)26-3)27(23,24)16-11-7-4-8-13(16)18(22)25-2/h4-11H,12H2,1-3H3,(H,19,21). The smallest absolute Gasteiger partial charge is 0.339 e. The summed E-state index contributed by atoms with van der Waals surface area (Å²) in [6, 6.07) is 12.9. The minimum absolute atomic E-state index is 0.0833. The number of likely N-dealkylation sites (N-methyl/N-ethyl adjacent to an activating group) is 1. The summed E-state index contributed by atoms with van der Waals surface area (Å²) in [6.45, 7) is -0.402. The predicted octanol–water partition coefficient (Wildman–Crippen LogP) is 2.45. The number of para-hydroxylation sites is 1. The van der Waals surface area contributed by atoms with Gasteiger partial charge in [0.1, 0.15) is 0 Å². The molecule has 0 atom stereocenters. The highest BCUT2D eigenvalue weighted by atomic mass is 32.2. The molecule has 0 aliphatic heterocycles. The number of amides is 1. The largest absolute Gasteiger partial charge is 0.465 e. The summed E-state index contributed by atoms with van der Waals surface area (Å²) in [5.41, 5.74) is 0.524. The lowest BCUT2D eigenvalue weighted by atomic mass is 10.2. The summed E-state index contributed by atoms with van der Waals surface area (Å²) in [7, 11) is -1.61. The van der Waals surface area contributed by atoms with Crippen molar-refractivity contribution in [2.24, 2.45) is 0 Å². The molecule has 27 heavy (non-hydrogen) atoms. The fourth-order valence-corrected chi connectivity index (χ4v) is 4.22. The van der Waals surface area contributed by atoms with E-state index in [1.165, 1.54) is 50.2 Å². The first kappa shape index (κ1) is 20.9. The number of hydrogen-bond acceptors (Lipinski definition) is 6. The van der Waals surface area contributed by atoms with Gasteiger partial charge in [-0.3, -0.25) is 4.79 Å². The zero-order chi connectivity index (χ0) is 20.0. The number of benzene rings is 2. The van der Waals surface area contributed by atoms with E-state index in [9.17, 15) is 18.0 Å². The van der Waals surface area contributed by atoms with Crippen LogP contribution in [0.4, 0.5) is 5.69 Å². The normalized spacial score (nSPS) is 11.3. The van der Waals surface area contributed by atoms with Crippen LogP contribution in [0.2, 0.25) is 0 Å². The number of sulfonamides is 1. The molecule has 0 heterocycles. The SMILES string of the molecule is COC(=O)c1ccccc1S(=O)(=O)N(C)CC(=O)Nc1ccccc1SC. The van der Waals surface area contributed by atoms with Crippen LogP contribution in [0.3, 0.4) is 0 Å². The number of carbonyl (C=O) groups excluding carboxylic acids is 2. The van der Waals surface area contributed by atoms with Crippen LogP contribution < -0.4 is 5.32 Å². The Morgan fingerprint density at radius 1 is 1.11 bits per heavy atom. The highest BCUT2D eigenvalue weighted by Crippen LogP contribution is 2.25. The highest BCUT2D eigenvalue weighted by molar-refractivity contribution is 7.98. The number of anilines is 1. The summed E-state index contributed by atoms with van der Waals surface area (Å²) in [5.74, 6) is -1.25. The van der Waals surface area contributed by atoms with Gasteiger partial charge in [0.05, 0.1) is 29.8 Å². The van der Waals surface area contributed by atoms with Gasteiger partial charge in [0, 0.05) is 11.9 Å². The zero-order valence-corrected chi connectivity index (χ0v) is 16.8. The molecule has 0 saturated carbocycles. The lowest BCUT2D eigenvalue weighted by Gasteiger charge is -2.19. The van der Waals surface area contributed by atoms with Crippen molar-refractivity contribution in [1.82, 2.24) is 4.31 Å². The molecule has 0 saturated heterocycles. The number of thioether (sulfide) groups is 1. The Bertz CT molecular complexity index is 944. The maximum Gasteiger partial charge on any atom is 0.339 e. The summed E-state index contributed by atoms with van der Waals surface area (Å²) in [6.07, 6.45) is 1.88. The number of nitrogens with zero attached hydrogens (tertiary/aromatic N) is 1. The highest BCUT2D eigenvalue weighted by Gasteiger charge is 2.28. The Labute approximate surface area is 162 Å². The number of carbonyl (C=O) groups is 2. The predicted molar refractivity (Wildman–Crippen MR) is 104 cm³/mol. The molecule has 0 aliphatic rings. The van der Waals surface area contributed by atoms with Crippen molar-refractivity contribution in [3.8, 4) is 0 Å². The third-order valence-electron chi connectivity index (χ3n) is 3.73. The van der Waals surface area contributed by atoms with Crippen molar-refractivity contribution >= 4 is 39.3 Å². The van der Waals surface area contributed by atoms with Crippen LogP contribution in [0, 0.1) is 0 Å². The van der Waals surface area contributed by atoms with E-state index < -0.39 is 28.4 Å². The molecule has 2 aromatic carbocycles. The second-order valence-corrected chi connectivity index (χ2v) is 8.36. The molecule has 144 valence electrons. The van der Waals surface area contributed by atoms with Gasteiger partial charge in [-0.25, -0.2) is 13.2 Å². The molecule has 0 radical (unpaired) electrons. The maximum absolute atomic E-state index is 12.8. The van der Waals surface area contributed by atoms with Crippen LogP contribution in [0.15, 0.2) is 58.3 Å². The van der Waals surface area contributed by atoms with E-state index >= 15 is 0 Å². The quantitative estimate of drug-likeness (QED) is 0.559. The molecular formula is C18H20N2O5S2. The molecule has 1 N–H and O–H groups in total. The maximum atomic E-state index is 12.8. The number of esters is 1. The molecule has 2 rings (SSSR count). The fraction of sp³-hybridized carbons (Fsp3) is 0.222. The summed E-state index contributed by atoms with van der Waals surface area (Å²) < 4.78 is 31.2. The number of nitrogens with one attached hydrogen (secondary N) is 1. The molecule has 0 spiro atoms. The van der Waals surface area contributed by atoms with Crippen LogP contribution in [-0.2, 0) is 19.6 Å². The molecule has 0 aromatic heterocycles. The molecule has 9 heteroatoms. The van der Waals surface area contributed by atoms with Gasteiger partial charge in [-0.1, -0.05) is 24.3 Å². The van der Waals surface area contributed by atoms with Crippen molar-refractivity contribution in [2.45, 2.75) is 9.79 Å². The monoisotopic (exact) mass is 408 g/mol. The average molecular weight is 409 g/mol. The lowest BCUT2D eigenvalue weighted by Crippen LogP contribution is -2.35. The number of rotatable bonds is 7. The van der Waals surface area contributed by atoms with Gasteiger partial charge < -0.3 is 10.1 Å². The Morgan fingerprint density at radius 3 is 2.41 bits per heavy atom. The Hall–Kier alpha value is -2.36. The van der Waals surface area contributed by atoms with Gasteiger partial charge in [-0.05, 0) is 30.5 Å². The van der Waals surface area contributed by atoms with Crippen LogP contribution in [-0.4, -0.2) is 51.6 Å². The lowest BCUT2D eigenvalue weighted by molar-refractivity contribution is -0.116. The van der Waals surface area contributed by atoms with E-state index in [4.69, 9.17) is 0 Å². The minimum atomic E-state index is -4.06. The van der Waals surface area contributed by atoms with E-state index in [0.717, 1.165) is 9.20 Å². The Kier molecular flexibility index (Phi) is 7.00. The number of hydrogen-bond donors (Lipinski definition) is 1. The summed E-state index contributed by atoms with van der Waals surface area (Å²) in [4.78, 5) is 24.8. The third kappa shape index (κ3) is 4.88. The van der Waals surface area contributed by atoms with Gasteiger partial charge >= 0.3 is 5.97 Å². The van der Waals surface area contributed by atoms with Gasteiger partial charge in [0.25, 0.3) is 0 Å². The average Bonchev–Trinajstić information content (AvgIpc) is 2.67. The van der Waals surface area contributed by atoms with E-state index in [0.29, 0.717) is 5.69 Å². The second kappa shape index (κ2) is 9.03. The molecule has 2 aromatic rings. The van der Waals surface area contributed by atoms with Crippen molar-refractivity contribution < 1.29 is 22.7 Å². The Balaban J connectivity index is 2.21. The van der Waals surface area contributed by atoms with Gasteiger partial charge in [0.2, 0.25) is 15.9 Å². The van der Waals surface area contributed by atoms with E-state index in [-0.39, 0.29) is 10.5 Å². The molecular weight excluding hydrogens is 388 g/mol. The Morgan fingerprint density at radius 2 is 1.74 bits per heavy atom. The van der Waals surface area contributed by atoms with Gasteiger partial charge in [-0.2, -0.15) is 4.31 Å². The van der Waals surface area contributed by atoms with Crippen LogP contribution in [0.5, 0.6) is 0 Å². The molecule has 0 bridgehead atoms. The first-order valence-corrected chi connectivity index (χ1v) is 10.5. The molecule has 0 unspecified atom stereocenters. The topological polar surface area (TPSA) is 92.8 Å². The summed E-state index contributed by atoms with van der Waals surface area (Å²) >= 11 is 1.47. The van der Waals surface area contributed by atoms with E-state index in [2.05, 4.69) is 10.1 Å². The first-order chi connectivity index (χ1) is 12.8. The summed E-state index contributed by atoms with van der Waals surface area (Å²) in [5, 5.41) is 2.71. The van der Waals surface area contributed by atoms with Crippen molar-refractivity contribution in [2.75, 3.05) is 32.3 Å². The molecule has 1 amide bonds. The van der Waals surface area contributed by atoms with Crippen molar-refractivity contribution in [3.05, 3.63) is 54.1 Å². The van der Waals surface area contributed by atoms with Crippen molar-refractivity contribution in [3.63, 3.8) is 0 Å². The molecule has 7 nitrogen and oxygen atoms in total. The van der Waals surface area contributed by atoms with Gasteiger partial charge in [0.15, 0.2) is 0 Å². The minimum Gasteiger partial charge on any atom is -0.465 e. The number of ether oxygens (including phenoxy) is 1. The van der Waals surface area contributed by atoms with E-state index in [1.807, 2.05) is 18.4 Å². The van der Waals surface area contributed by atoms with Crippen LogP contribution >= 0.6 is 11.8 Å². The van der Waals surface area contributed by atoms with E-state index in [1.54, 1.807) is 12.1 Å². The fourth-order valence-electron chi connectivity index (χ4n) is 2.36. The molecule has 0 aliphatic carbocycles. The van der Waals surface area contributed by atoms with Crippen LogP contribution in [0.25, 0.3) is 0 Å². The number of methoxy groups -OCH3 is 1. The third-order valence-corrected chi connectivity index (χ3v) is 6.39. The van der Waals surface area contributed by atoms with Crippen molar-refractivity contribution in [1.29, 1.82) is 0 Å².